The summed E-state index contributed by atoms with van der Waals surface area (Å²) in [4.78, 5) is 16.2. The highest BCUT2D eigenvalue weighted by Crippen LogP contribution is 2.23. The van der Waals surface area contributed by atoms with Gasteiger partial charge in [-0.1, -0.05) is 23.5 Å². The Balaban J connectivity index is 2.08. The van der Waals surface area contributed by atoms with Gasteiger partial charge in [0.05, 0.1) is 25.6 Å². The third-order valence-electron chi connectivity index (χ3n) is 2.75. The molecule has 1 heterocycles. The van der Waals surface area contributed by atoms with Crippen LogP contribution in [0.4, 0.5) is 5.13 Å². The van der Waals surface area contributed by atoms with Gasteiger partial charge in [-0.05, 0) is 26.0 Å². The maximum Gasteiger partial charge on any atom is 0.350 e. The largest absolute Gasteiger partial charge is 0.493 e. The van der Waals surface area contributed by atoms with E-state index in [0.29, 0.717) is 22.3 Å². The minimum absolute atomic E-state index is 0.395. The van der Waals surface area contributed by atoms with Crippen LogP contribution in [-0.2, 0) is 4.74 Å². The number of rotatable bonds is 6. The molecule has 0 saturated heterocycles. The van der Waals surface area contributed by atoms with Crippen LogP contribution in [0.5, 0.6) is 5.75 Å². The van der Waals surface area contributed by atoms with E-state index >= 15 is 0 Å². The molecule has 6 nitrogen and oxygen atoms in total. The lowest BCUT2D eigenvalue weighted by Gasteiger charge is -2.05. The molecule has 0 fully saturated rings. The number of ether oxygens (including phenoxy) is 2. The number of hydrazone groups is 1. The van der Waals surface area contributed by atoms with E-state index in [9.17, 15) is 4.79 Å². The molecule has 0 aliphatic carbocycles. The first-order valence-electron chi connectivity index (χ1n) is 6.72. The Morgan fingerprint density at radius 2 is 2.23 bits per heavy atom. The van der Waals surface area contributed by atoms with Gasteiger partial charge >= 0.3 is 5.97 Å². The van der Waals surface area contributed by atoms with Gasteiger partial charge in [-0.2, -0.15) is 5.10 Å². The standard InChI is InChI=1S/C15H17N3O3S/c1-4-21-12-8-6-5-7-11(12)9-16-18-15-17-10(2)13(22-15)14(19)20-3/h5-9H,4H2,1-3H3,(H,17,18)/b16-9+. The maximum absolute atomic E-state index is 11.5. The minimum atomic E-state index is -0.395. The molecule has 0 aliphatic heterocycles. The summed E-state index contributed by atoms with van der Waals surface area (Å²) in [5.74, 6) is 0.370. The number of nitrogens with zero attached hydrogens (tertiary/aromatic N) is 2. The van der Waals surface area contributed by atoms with Gasteiger partial charge in [0.1, 0.15) is 10.6 Å². The van der Waals surface area contributed by atoms with Crippen molar-refractivity contribution in [2.75, 3.05) is 19.1 Å². The number of para-hydroxylation sites is 1. The Morgan fingerprint density at radius 1 is 1.45 bits per heavy atom. The van der Waals surface area contributed by atoms with Gasteiger partial charge in [0.15, 0.2) is 0 Å². The third-order valence-corrected chi connectivity index (χ3v) is 3.79. The fourth-order valence-electron chi connectivity index (χ4n) is 1.76. The predicted molar refractivity (Wildman–Crippen MR) is 87.0 cm³/mol. The molecule has 0 spiro atoms. The second-order valence-electron chi connectivity index (χ2n) is 4.27. The van der Waals surface area contributed by atoms with Crippen LogP contribution in [-0.4, -0.2) is 30.9 Å². The lowest BCUT2D eigenvalue weighted by atomic mass is 10.2. The zero-order chi connectivity index (χ0) is 15.9. The average molecular weight is 319 g/mol. The van der Waals surface area contributed by atoms with Crippen molar-refractivity contribution in [1.29, 1.82) is 0 Å². The molecule has 0 amide bonds. The topological polar surface area (TPSA) is 72.8 Å². The summed E-state index contributed by atoms with van der Waals surface area (Å²) in [7, 11) is 1.34. The number of thiazole rings is 1. The highest BCUT2D eigenvalue weighted by atomic mass is 32.1. The SMILES string of the molecule is CCOc1ccccc1/C=N/Nc1nc(C)c(C(=O)OC)s1. The molecule has 0 aliphatic rings. The number of benzene rings is 1. The fraction of sp³-hybridized carbons (Fsp3) is 0.267. The monoisotopic (exact) mass is 319 g/mol. The molecule has 0 saturated carbocycles. The summed E-state index contributed by atoms with van der Waals surface area (Å²) in [5, 5.41) is 4.67. The number of aromatic nitrogens is 1. The van der Waals surface area contributed by atoms with Crippen LogP contribution in [0.1, 0.15) is 27.9 Å². The molecule has 0 radical (unpaired) electrons. The van der Waals surface area contributed by atoms with Crippen LogP contribution in [0.3, 0.4) is 0 Å². The predicted octanol–water partition coefficient (Wildman–Crippen LogP) is 3.08. The Kier molecular flexibility index (Phi) is 5.48. The van der Waals surface area contributed by atoms with Gasteiger partial charge in [-0.25, -0.2) is 9.78 Å². The van der Waals surface area contributed by atoms with Crippen molar-refractivity contribution in [2.45, 2.75) is 13.8 Å². The molecule has 0 atom stereocenters. The highest BCUT2D eigenvalue weighted by molar-refractivity contribution is 7.17. The number of carbonyl (C=O) groups is 1. The number of hydrogen-bond donors (Lipinski definition) is 1. The van der Waals surface area contributed by atoms with Gasteiger partial charge in [-0.3, -0.25) is 5.43 Å². The number of carbonyl (C=O) groups excluding carboxylic acids is 1. The molecule has 2 rings (SSSR count). The summed E-state index contributed by atoms with van der Waals surface area (Å²) in [6.45, 7) is 4.27. The summed E-state index contributed by atoms with van der Waals surface area (Å²) in [5.41, 5.74) is 4.29. The summed E-state index contributed by atoms with van der Waals surface area (Å²) in [6, 6.07) is 7.60. The molecule has 0 bridgehead atoms. The molecule has 22 heavy (non-hydrogen) atoms. The molecular weight excluding hydrogens is 302 g/mol. The van der Waals surface area contributed by atoms with E-state index in [-0.39, 0.29) is 0 Å². The van der Waals surface area contributed by atoms with E-state index < -0.39 is 5.97 Å². The zero-order valence-corrected chi connectivity index (χ0v) is 13.4. The van der Waals surface area contributed by atoms with Crippen molar-refractivity contribution < 1.29 is 14.3 Å². The molecule has 0 unspecified atom stereocenters. The van der Waals surface area contributed by atoms with Gasteiger partial charge in [0.2, 0.25) is 5.13 Å². The van der Waals surface area contributed by atoms with Gasteiger partial charge in [-0.15, -0.1) is 0 Å². The number of nitrogens with one attached hydrogen (secondary N) is 1. The zero-order valence-electron chi connectivity index (χ0n) is 12.6. The maximum atomic E-state index is 11.5. The van der Waals surface area contributed by atoms with E-state index in [2.05, 4.69) is 15.5 Å². The number of aryl methyl sites for hydroxylation is 1. The number of esters is 1. The smallest absolute Gasteiger partial charge is 0.350 e. The molecular formula is C15H17N3O3S. The lowest BCUT2D eigenvalue weighted by Crippen LogP contribution is -1.99. The Morgan fingerprint density at radius 3 is 2.95 bits per heavy atom. The third kappa shape index (κ3) is 3.82. The minimum Gasteiger partial charge on any atom is -0.493 e. The van der Waals surface area contributed by atoms with Crippen molar-refractivity contribution in [3.8, 4) is 5.75 Å². The van der Waals surface area contributed by atoms with E-state index in [0.717, 1.165) is 11.3 Å². The van der Waals surface area contributed by atoms with Gasteiger partial charge in [0.25, 0.3) is 0 Å². The molecule has 7 heteroatoms. The van der Waals surface area contributed by atoms with Crippen LogP contribution < -0.4 is 10.2 Å². The summed E-state index contributed by atoms with van der Waals surface area (Å²) < 4.78 is 10.2. The number of anilines is 1. The summed E-state index contributed by atoms with van der Waals surface area (Å²) >= 11 is 1.20. The van der Waals surface area contributed by atoms with Crippen molar-refractivity contribution in [3.05, 3.63) is 40.4 Å². The highest BCUT2D eigenvalue weighted by Gasteiger charge is 2.15. The first-order chi connectivity index (χ1) is 10.7. The molecule has 1 N–H and O–H groups in total. The van der Waals surface area contributed by atoms with Crippen molar-refractivity contribution >= 4 is 28.7 Å². The van der Waals surface area contributed by atoms with Crippen LogP contribution in [0.2, 0.25) is 0 Å². The van der Waals surface area contributed by atoms with Gasteiger partial charge in [0, 0.05) is 5.56 Å². The Hall–Kier alpha value is -2.41. The molecule has 1 aromatic heterocycles. The molecule has 1 aromatic carbocycles. The summed E-state index contributed by atoms with van der Waals surface area (Å²) in [6.07, 6.45) is 1.65. The lowest BCUT2D eigenvalue weighted by molar-refractivity contribution is 0.0605. The van der Waals surface area contributed by atoms with Gasteiger partial charge < -0.3 is 9.47 Å². The Bertz CT molecular complexity index is 682. The Labute approximate surface area is 132 Å². The van der Waals surface area contributed by atoms with E-state index in [1.165, 1.54) is 18.4 Å². The van der Waals surface area contributed by atoms with Crippen LogP contribution in [0.15, 0.2) is 29.4 Å². The normalized spacial score (nSPS) is 10.7. The van der Waals surface area contributed by atoms with E-state index in [1.54, 1.807) is 13.1 Å². The van der Waals surface area contributed by atoms with Crippen molar-refractivity contribution in [1.82, 2.24) is 4.98 Å². The first-order valence-corrected chi connectivity index (χ1v) is 7.54. The average Bonchev–Trinajstić information content (AvgIpc) is 2.89. The van der Waals surface area contributed by atoms with Crippen molar-refractivity contribution in [2.24, 2.45) is 5.10 Å². The second kappa shape index (κ2) is 7.56. The van der Waals surface area contributed by atoms with Crippen LogP contribution in [0.25, 0.3) is 0 Å². The van der Waals surface area contributed by atoms with Crippen LogP contribution >= 0.6 is 11.3 Å². The van der Waals surface area contributed by atoms with E-state index in [4.69, 9.17) is 9.47 Å². The molecule has 2 aromatic rings. The first kappa shape index (κ1) is 16.0. The number of hydrogen-bond acceptors (Lipinski definition) is 7. The number of methoxy groups -OCH3 is 1. The second-order valence-corrected chi connectivity index (χ2v) is 5.27. The van der Waals surface area contributed by atoms with Crippen LogP contribution in [0, 0.1) is 6.92 Å². The quantitative estimate of drug-likeness (QED) is 0.503. The van der Waals surface area contributed by atoms with Crippen molar-refractivity contribution in [3.63, 3.8) is 0 Å². The van der Waals surface area contributed by atoms with E-state index in [1.807, 2.05) is 31.2 Å². The fourth-order valence-corrected chi connectivity index (χ4v) is 2.59. The molecule has 116 valence electrons.